The maximum absolute atomic E-state index is 13.2. The first kappa shape index (κ1) is 47.9. The largest absolute Gasteiger partial charge is 0.495 e. The third-order valence-electron chi connectivity index (χ3n) is 11.7. The van der Waals surface area contributed by atoms with E-state index in [1.54, 1.807) is 36.8 Å². The third-order valence-corrected chi connectivity index (χ3v) is 14.4. The number of sulfone groups is 1. The summed E-state index contributed by atoms with van der Waals surface area (Å²) < 4.78 is 36.3. The number of nitrogens with one attached hydrogen (secondary N) is 4. The number of hydrogen-bond donors (Lipinski definition) is 4. The molecule has 68 heavy (non-hydrogen) atoms. The number of aromatic nitrogens is 6. The number of pyridine rings is 2. The Morgan fingerprint density at radius 1 is 0.882 bits per heavy atom. The van der Waals surface area contributed by atoms with Crippen LogP contribution in [0.5, 0.6) is 5.75 Å². The minimum absolute atomic E-state index is 0.0272. The summed E-state index contributed by atoms with van der Waals surface area (Å²) in [6, 6.07) is 14.6. The Labute approximate surface area is 401 Å². The van der Waals surface area contributed by atoms with Crippen LogP contribution >= 0.6 is 22.7 Å². The number of fused-ring (bicyclic) bond motifs is 2. The number of methoxy groups -OCH3 is 1. The van der Waals surface area contributed by atoms with Crippen LogP contribution in [0.15, 0.2) is 77.8 Å². The van der Waals surface area contributed by atoms with E-state index in [9.17, 15) is 22.8 Å². The highest BCUT2D eigenvalue weighted by molar-refractivity contribution is 7.89. The summed E-state index contributed by atoms with van der Waals surface area (Å²) in [5, 5.41) is 16.8. The Bertz CT molecular complexity index is 3060. The van der Waals surface area contributed by atoms with Crippen molar-refractivity contribution in [3.05, 3.63) is 90.6 Å². The molecular formula is C47H53N11O7S3. The first-order valence-electron chi connectivity index (χ1n) is 22.2. The van der Waals surface area contributed by atoms with Gasteiger partial charge in [0, 0.05) is 79.9 Å². The maximum atomic E-state index is 13.2. The Kier molecular flexibility index (Phi) is 14.6. The van der Waals surface area contributed by atoms with Crippen molar-refractivity contribution in [1.29, 1.82) is 0 Å². The minimum Gasteiger partial charge on any atom is -0.495 e. The zero-order chi connectivity index (χ0) is 48.0. The summed E-state index contributed by atoms with van der Waals surface area (Å²) in [6.07, 6.45) is 11.6. The molecule has 5 aromatic heterocycles. The highest BCUT2D eigenvalue weighted by Gasteiger charge is 2.30. The van der Waals surface area contributed by atoms with E-state index in [1.807, 2.05) is 48.5 Å². The van der Waals surface area contributed by atoms with Crippen LogP contribution in [0, 0.1) is 5.92 Å². The summed E-state index contributed by atoms with van der Waals surface area (Å²) in [4.78, 5) is 62.8. The highest BCUT2D eigenvalue weighted by atomic mass is 32.2. The standard InChI is InChI=1S/C47H53N11O7S3/c1-28(6-11-41(59)51-34-14-17-58(26-34)46(61)56-45-53-37-10-8-31(21-39(37)67-45)33-19-35(64-4)25-49-24-33)12-15-47(2,3)42-54-40(57-65-42)13-16-50-43(60)55-44-52-36-9-7-30(20-38(36)66-44)32-18-29(22-48-23-32)27-68(5,62)63/h7-10,18-25,28,34H,6,11-17,26-27H2,1-5H3,(H,51,59)(H,53,56,61)(H2,50,52,55,60). The summed E-state index contributed by atoms with van der Waals surface area (Å²) in [5.74, 6) is 1.83. The molecule has 0 aliphatic carbocycles. The molecule has 356 valence electrons. The van der Waals surface area contributed by atoms with Crippen LogP contribution in [-0.2, 0) is 32.2 Å². The zero-order valence-corrected chi connectivity index (χ0v) is 40.8. The van der Waals surface area contributed by atoms with Crippen molar-refractivity contribution in [2.75, 3.05) is 43.6 Å². The monoisotopic (exact) mass is 979 g/mol. The van der Waals surface area contributed by atoms with Gasteiger partial charge in [0.25, 0.3) is 0 Å². The number of urea groups is 2. The van der Waals surface area contributed by atoms with Crippen LogP contribution in [0.3, 0.4) is 0 Å². The number of amides is 5. The molecule has 0 saturated carbocycles. The predicted molar refractivity (Wildman–Crippen MR) is 264 cm³/mol. The number of nitrogens with zero attached hydrogens (tertiary/aromatic N) is 7. The Morgan fingerprint density at radius 2 is 1.56 bits per heavy atom. The molecule has 8 rings (SSSR count). The van der Waals surface area contributed by atoms with Crippen LogP contribution < -0.4 is 26.0 Å². The van der Waals surface area contributed by atoms with Crippen molar-refractivity contribution in [3.8, 4) is 28.0 Å². The first-order chi connectivity index (χ1) is 32.6. The number of benzene rings is 2. The number of carbonyl (C=O) groups excluding carboxylic acids is 3. The van der Waals surface area contributed by atoms with Crippen molar-refractivity contribution in [1.82, 2.24) is 45.6 Å². The van der Waals surface area contributed by atoms with Gasteiger partial charge in [-0.3, -0.25) is 25.4 Å². The van der Waals surface area contributed by atoms with E-state index in [0.717, 1.165) is 55.5 Å². The van der Waals surface area contributed by atoms with Crippen LogP contribution in [0.2, 0.25) is 0 Å². The lowest BCUT2D eigenvalue weighted by atomic mass is 9.84. The van der Waals surface area contributed by atoms with E-state index in [4.69, 9.17) is 9.26 Å². The molecule has 1 fully saturated rings. The molecule has 2 atom stereocenters. The van der Waals surface area contributed by atoms with Crippen molar-refractivity contribution in [2.24, 2.45) is 5.92 Å². The molecule has 6 heterocycles. The number of rotatable bonds is 18. The molecule has 0 bridgehead atoms. The van der Waals surface area contributed by atoms with Gasteiger partial charge in [-0.2, -0.15) is 4.98 Å². The second kappa shape index (κ2) is 20.7. The Balaban J connectivity index is 0.722. The lowest BCUT2D eigenvalue weighted by Crippen LogP contribution is -2.39. The minimum atomic E-state index is -3.20. The molecule has 0 radical (unpaired) electrons. The van der Waals surface area contributed by atoms with Crippen LogP contribution in [0.25, 0.3) is 42.7 Å². The SMILES string of the molecule is COc1cncc(-c2ccc3nc(NC(=O)N4CCC(NC(=O)CCC(C)CCC(C)(C)c5nc(CCNC(=O)Nc6nc7ccc(-c8cncc(CS(C)(=O)=O)c8)cc7s6)no5)C4)sc3c2)c1. The molecule has 2 aromatic carbocycles. The molecule has 0 spiro atoms. The molecule has 4 N–H and O–H groups in total. The molecular weight excluding hydrogens is 927 g/mol. The fourth-order valence-corrected chi connectivity index (χ4v) is 10.4. The van der Waals surface area contributed by atoms with Gasteiger partial charge in [0.1, 0.15) is 5.75 Å². The molecule has 1 saturated heterocycles. The lowest BCUT2D eigenvalue weighted by molar-refractivity contribution is -0.122. The van der Waals surface area contributed by atoms with Gasteiger partial charge in [0.05, 0.1) is 39.5 Å². The number of anilines is 2. The Morgan fingerprint density at radius 3 is 2.25 bits per heavy atom. The van der Waals surface area contributed by atoms with Crippen LogP contribution in [0.1, 0.15) is 70.2 Å². The number of carbonyl (C=O) groups is 3. The second-order valence-corrected chi connectivity index (χ2v) is 22.0. The van der Waals surface area contributed by atoms with Gasteiger partial charge >= 0.3 is 12.1 Å². The normalized spacial score (nSPS) is 14.5. The first-order valence-corrected chi connectivity index (χ1v) is 25.9. The summed E-state index contributed by atoms with van der Waals surface area (Å²) >= 11 is 2.73. The highest BCUT2D eigenvalue weighted by Crippen LogP contribution is 2.34. The topological polar surface area (TPSA) is 236 Å². The summed E-state index contributed by atoms with van der Waals surface area (Å²) in [6.45, 7) is 7.48. The van der Waals surface area contributed by atoms with Crippen LogP contribution in [0.4, 0.5) is 19.9 Å². The van der Waals surface area contributed by atoms with Crippen molar-refractivity contribution in [2.45, 2.75) is 76.5 Å². The van der Waals surface area contributed by atoms with Gasteiger partial charge in [0.2, 0.25) is 11.8 Å². The number of thiazole rings is 2. The van der Waals surface area contributed by atoms with Crippen molar-refractivity contribution in [3.63, 3.8) is 0 Å². The molecule has 1 aliphatic heterocycles. The molecule has 18 nitrogen and oxygen atoms in total. The Hall–Kier alpha value is -6.58. The average molecular weight is 980 g/mol. The molecule has 21 heteroatoms. The summed E-state index contributed by atoms with van der Waals surface area (Å²) in [5.41, 5.74) is 5.26. The van der Waals surface area contributed by atoms with Gasteiger partial charge in [-0.1, -0.05) is 60.7 Å². The number of hydrogen-bond acceptors (Lipinski definition) is 15. The van der Waals surface area contributed by atoms with E-state index in [-0.39, 0.29) is 36.2 Å². The molecule has 1 aliphatic rings. The fourth-order valence-electron chi connectivity index (χ4n) is 7.86. The molecule has 2 unspecified atom stereocenters. The zero-order valence-electron chi connectivity index (χ0n) is 38.4. The van der Waals surface area contributed by atoms with E-state index in [1.165, 1.54) is 28.9 Å². The molecule has 7 aromatic rings. The van der Waals surface area contributed by atoms with Crippen molar-refractivity contribution < 1.29 is 32.1 Å². The average Bonchev–Trinajstić information content (AvgIpc) is 4.14. The van der Waals surface area contributed by atoms with E-state index in [2.05, 4.69) is 72.1 Å². The van der Waals surface area contributed by atoms with Gasteiger partial charge in [-0.15, -0.1) is 0 Å². The number of ether oxygens (including phenoxy) is 1. The maximum Gasteiger partial charge on any atom is 0.323 e. The second-order valence-electron chi connectivity index (χ2n) is 17.8. The van der Waals surface area contributed by atoms with E-state index < -0.39 is 21.3 Å². The van der Waals surface area contributed by atoms with E-state index in [0.29, 0.717) is 72.1 Å². The van der Waals surface area contributed by atoms with Gasteiger partial charge in [-0.25, -0.2) is 28.0 Å². The van der Waals surface area contributed by atoms with Crippen LogP contribution in [-0.4, -0.2) is 100 Å². The fraction of sp³-hybridized carbons (Fsp3) is 0.383. The third kappa shape index (κ3) is 12.5. The number of likely N-dealkylation sites (tertiary alicyclic amines) is 1. The molecule has 5 amide bonds. The smallest absolute Gasteiger partial charge is 0.323 e. The predicted octanol–water partition coefficient (Wildman–Crippen LogP) is 8.23. The summed E-state index contributed by atoms with van der Waals surface area (Å²) in [7, 11) is -1.59. The quantitative estimate of drug-likeness (QED) is 0.0635. The lowest BCUT2D eigenvalue weighted by Gasteiger charge is -2.22. The van der Waals surface area contributed by atoms with Crippen molar-refractivity contribution >= 4 is 81.2 Å². The van der Waals surface area contributed by atoms with Gasteiger partial charge in [-0.05, 0) is 84.7 Å². The van der Waals surface area contributed by atoms with Gasteiger partial charge in [0.15, 0.2) is 25.9 Å². The van der Waals surface area contributed by atoms with E-state index >= 15 is 0 Å². The van der Waals surface area contributed by atoms with Gasteiger partial charge < -0.3 is 24.8 Å².